The molecule has 1 saturated carbocycles. The van der Waals surface area contributed by atoms with Crippen molar-refractivity contribution in [2.75, 3.05) is 19.6 Å². The molecule has 15 heavy (non-hydrogen) atoms. The molecule has 1 aliphatic carbocycles. The van der Waals surface area contributed by atoms with Crippen LogP contribution in [0.4, 0.5) is 0 Å². The van der Waals surface area contributed by atoms with Crippen molar-refractivity contribution in [1.82, 2.24) is 10.2 Å². The molecule has 2 nitrogen and oxygen atoms in total. The third-order valence-electron chi connectivity index (χ3n) is 4.11. The molecule has 88 valence electrons. The average Bonchev–Trinajstić information content (AvgIpc) is 2.48. The standard InChI is InChI=1S/C13H26N2/c1-11-6-4-7-12(11)15-9-5-8-14-13(2,3)10-15/h11-12,14H,4-10H2,1-3H3. The van der Waals surface area contributed by atoms with Gasteiger partial charge in [0.15, 0.2) is 0 Å². The van der Waals surface area contributed by atoms with Crippen molar-refractivity contribution in [3.63, 3.8) is 0 Å². The van der Waals surface area contributed by atoms with E-state index < -0.39 is 0 Å². The second-order valence-corrected chi connectivity index (χ2v) is 6.11. The first-order valence-electron chi connectivity index (χ1n) is 6.57. The summed E-state index contributed by atoms with van der Waals surface area (Å²) in [5.41, 5.74) is 0.304. The van der Waals surface area contributed by atoms with Gasteiger partial charge in [-0.05, 0) is 52.1 Å². The topological polar surface area (TPSA) is 15.3 Å². The van der Waals surface area contributed by atoms with Gasteiger partial charge in [0, 0.05) is 18.1 Å². The Kier molecular flexibility index (Phi) is 3.36. The largest absolute Gasteiger partial charge is 0.310 e. The fourth-order valence-corrected chi connectivity index (χ4v) is 3.30. The zero-order chi connectivity index (χ0) is 10.9. The molecule has 0 radical (unpaired) electrons. The molecule has 2 aliphatic rings. The second-order valence-electron chi connectivity index (χ2n) is 6.11. The molecule has 1 N–H and O–H groups in total. The van der Waals surface area contributed by atoms with E-state index in [2.05, 4.69) is 31.0 Å². The molecule has 2 atom stereocenters. The zero-order valence-electron chi connectivity index (χ0n) is 10.6. The number of hydrogen-bond donors (Lipinski definition) is 1. The molecule has 0 amide bonds. The Labute approximate surface area is 94.4 Å². The van der Waals surface area contributed by atoms with Crippen LogP contribution in [0.1, 0.15) is 46.5 Å². The summed E-state index contributed by atoms with van der Waals surface area (Å²) in [6, 6.07) is 0.865. The Balaban J connectivity index is 2.00. The fourth-order valence-electron chi connectivity index (χ4n) is 3.30. The lowest BCUT2D eigenvalue weighted by molar-refractivity contribution is 0.144. The predicted octanol–water partition coefficient (Wildman–Crippen LogP) is 2.25. The molecule has 1 heterocycles. The predicted molar refractivity (Wildman–Crippen MR) is 65.1 cm³/mol. The van der Waals surface area contributed by atoms with E-state index in [4.69, 9.17) is 0 Å². The molecule has 1 saturated heterocycles. The Morgan fingerprint density at radius 3 is 2.67 bits per heavy atom. The smallest absolute Gasteiger partial charge is 0.0252 e. The summed E-state index contributed by atoms with van der Waals surface area (Å²) in [7, 11) is 0. The Hall–Kier alpha value is -0.0800. The molecule has 0 spiro atoms. The van der Waals surface area contributed by atoms with Crippen molar-refractivity contribution < 1.29 is 0 Å². The number of nitrogens with zero attached hydrogens (tertiary/aromatic N) is 1. The van der Waals surface area contributed by atoms with Gasteiger partial charge < -0.3 is 5.32 Å². The van der Waals surface area contributed by atoms with Gasteiger partial charge >= 0.3 is 0 Å². The van der Waals surface area contributed by atoms with Crippen molar-refractivity contribution >= 4 is 0 Å². The first-order valence-corrected chi connectivity index (χ1v) is 6.57. The van der Waals surface area contributed by atoms with Crippen LogP contribution in [-0.2, 0) is 0 Å². The van der Waals surface area contributed by atoms with Gasteiger partial charge in [0.2, 0.25) is 0 Å². The quantitative estimate of drug-likeness (QED) is 0.714. The van der Waals surface area contributed by atoms with Crippen LogP contribution in [0.2, 0.25) is 0 Å². The van der Waals surface area contributed by atoms with Crippen molar-refractivity contribution in [3.05, 3.63) is 0 Å². The lowest BCUT2D eigenvalue weighted by Crippen LogP contribution is -2.49. The lowest BCUT2D eigenvalue weighted by Gasteiger charge is -2.35. The van der Waals surface area contributed by atoms with Gasteiger partial charge in [0.1, 0.15) is 0 Å². The molecule has 2 rings (SSSR count). The van der Waals surface area contributed by atoms with Crippen LogP contribution in [-0.4, -0.2) is 36.1 Å². The zero-order valence-corrected chi connectivity index (χ0v) is 10.6. The Bertz CT molecular complexity index is 213. The number of rotatable bonds is 1. The van der Waals surface area contributed by atoms with Gasteiger partial charge in [0.05, 0.1) is 0 Å². The molecule has 2 fully saturated rings. The molecule has 0 aromatic rings. The Morgan fingerprint density at radius 2 is 2.00 bits per heavy atom. The molecule has 2 unspecified atom stereocenters. The highest BCUT2D eigenvalue weighted by Crippen LogP contribution is 2.30. The van der Waals surface area contributed by atoms with Gasteiger partial charge in [0.25, 0.3) is 0 Å². The molecule has 2 heteroatoms. The molecule has 0 bridgehead atoms. The van der Waals surface area contributed by atoms with Crippen LogP contribution in [0, 0.1) is 5.92 Å². The summed E-state index contributed by atoms with van der Waals surface area (Å²) in [5.74, 6) is 0.916. The first kappa shape index (κ1) is 11.4. The molecule has 0 aromatic carbocycles. The van der Waals surface area contributed by atoms with Gasteiger partial charge in [-0.1, -0.05) is 13.3 Å². The SMILES string of the molecule is CC1CCCC1N1CCCNC(C)(C)C1. The lowest BCUT2D eigenvalue weighted by atomic mass is 10.0. The van der Waals surface area contributed by atoms with E-state index >= 15 is 0 Å². The third-order valence-corrected chi connectivity index (χ3v) is 4.11. The van der Waals surface area contributed by atoms with E-state index in [1.54, 1.807) is 0 Å². The fraction of sp³-hybridized carbons (Fsp3) is 1.00. The van der Waals surface area contributed by atoms with Gasteiger partial charge in [-0.3, -0.25) is 4.90 Å². The van der Waals surface area contributed by atoms with E-state index in [0.717, 1.165) is 12.0 Å². The number of hydrogen-bond acceptors (Lipinski definition) is 2. The van der Waals surface area contributed by atoms with Gasteiger partial charge in [-0.15, -0.1) is 0 Å². The van der Waals surface area contributed by atoms with Gasteiger partial charge in [-0.25, -0.2) is 0 Å². The summed E-state index contributed by atoms with van der Waals surface area (Å²) >= 11 is 0. The minimum Gasteiger partial charge on any atom is -0.310 e. The van der Waals surface area contributed by atoms with E-state index in [1.807, 2.05) is 0 Å². The highest BCUT2D eigenvalue weighted by molar-refractivity contribution is 4.91. The summed E-state index contributed by atoms with van der Waals surface area (Å²) in [6.45, 7) is 10.8. The Morgan fingerprint density at radius 1 is 1.20 bits per heavy atom. The second kappa shape index (κ2) is 4.42. The number of nitrogens with one attached hydrogen (secondary N) is 1. The van der Waals surface area contributed by atoms with Crippen LogP contribution < -0.4 is 5.32 Å². The van der Waals surface area contributed by atoms with Gasteiger partial charge in [-0.2, -0.15) is 0 Å². The minimum atomic E-state index is 0.304. The average molecular weight is 210 g/mol. The van der Waals surface area contributed by atoms with Crippen LogP contribution in [0.25, 0.3) is 0 Å². The van der Waals surface area contributed by atoms with Crippen LogP contribution in [0.3, 0.4) is 0 Å². The van der Waals surface area contributed by atoms with Crippen LogP contribution in [0.15, 0.2) is 0 Å². The van der Waals surface area contributed by atoms with E-state index in [1.165, 1.54) is 45.3 Å². The monoisotopic (exact) mass is 210 g/mol. The summed E-state index contributed by atoms with van der Waals surface area (Å²) in [4.78, 5) is 2.75. The summed E-state index contributed by atoms with van der Waals surface area (Å²) in [6.07, 6.45) is 5.62. The van der Waals surface area contributed by atoms with Crippen LogP contribution >= 0.6 is 0 Å². The maximum atomic E-state index is 3.65. The van der Waals surface area contributed by atoms with Crippen molar-refractivity contribution in [2.45, 2.75) is 58.0 Å². The van der Waals surface area contributed by atoms with Crippen LogP contribution in [0.5, 0.6) is 0 Å². The normalized spacial score (nSPS) is 37.8. The maximum absolute atomic E-state index is 3.65. The molecular weight excluding hydrogens is 184 g/mol. The summed E-state index contributed by atoms with van der Waals surface area (Å²) in [5, 5.41) is 3.65. The van der Waals surface area contributed by atoms with E-state index in [0.29, 0.717) is 5.54 Å². The molecule has 0 aromatic heterocycles. The highest BCUT2D eigenvalue weighted by atomic mass is 15.2. The van der Waals surface area contributed by atoms with E-state index in [-0.39, 0.29) is 0 Å². The van der Waals surface area contributed by atoms with Crippen molar-refractivity contribution in [1.29, 1.82) is 0 Å². The first-order chi connectivity index (χ1) is 7.08. The maximum Gasteiger partial charge on any atom is 0.0252 e. The van der Waals surface area contributed by atoms with E-state index in [9.17, 15) is 0 Å². The van der Waals surface area contributed by atoms with Crippen molar-refractivity contribution in [3.8, 4) is 0 Å². The van der Waals surface area contributed by atoms with Crippen molar-refractivity contribution in [2.24, 2.45) is 5.92 Å². The molecular formula is C13H26N2. The third kappa shape index (κ3) is 2.73. The summed E-state index contributed by atoms with van der Waals surface area (Å²) < 4.78 is 0. The minimum absolute atomic E-state index is 0.304. The highest BCUT2D eigenvalue weighted by Gasteiger charge is 2.33. The molecule has 1 aliphatic heterocycles.